The molecule has 1 saturated carbocycles. The molecular formula is C50H60N4O16. The predicted molar refractivity (Wildman–Crippen MR) is 247 cm³/mol. The van der Waals surface area contributed by atoms with E-state index < -0.39 is 84.0 Å². The Labute approximate surface area is 405 Å². The Balaban J connectivity index is 1.14. The highest BCUT2D eigenvalue weighted by Crippen LogP contribution is 2.32. The number of benzene rings is 2. The molecule has 4 N–H and O–H groups in total. The molecule has 4 aromatic rings. The SMILES string of the molecule is CCCOC1C(C)OC(=O)C(NC(=O)c2nccc(OC)c2O)COCC1Oc1cccc(CC2OC(=O)C(NC(=O)c3nccc(OC)c3O)COCC(OC3CCCC3)C2Oc2ccccc2)c1. The van der Waals surface area contributed by atoms with Crippen molar-refractivity contribution in [2.24, 2.45) is 0 Å². The molecule has 0 spiro atoms. The van der Waals surface area contributed by atoms with Crippen molar-refractivity contribution in [3.05, 3.63) is 96.1 Å². The van der Waals surface area contributed by atoms with Gasteiger partial charge in [-0.15, -0.1) is 0 Å². The zero-order chi connectivity index (χ0) is 49.6. The Bertz CT molecular complexity index is 2390. The molecule has 1 aliphatic carbocycles. The minimum atomic E-state index is -1.34. The van der Waals surface area contributed by atoms with Gasteiger partial charge in [0.2, 0.25) is 0 Å². The van der Waals surface area contributed by atoms with Crippen LogP contribution >= 0.6 is 0 Å². The molecule has 3 aliphatic rings. The summed E-state index contributed by atoms with van der Waals surface area (Å²) in [7, 11) is 2.67. The molecule has 3 fully saturated rings. The Kier molecular flexibility index (Phi) is 18.0. The molecule has 2 aliphatic heterocycles. The van der Waals surface area contributed by atoms with Gasteiger partial charge in [-0.05, 0) is 56.0 Å². The molecule has 20 heteroatoms. The monoisotopic (exact) mass is 972 g/mol. The average Bonchev–Trinajstić information content (AvgIpc) is 3.90. The maximum atomic E-state index is 14.3. The third-order valence-corrected chi connectivity index (χ3v) is 11.9. The molecule has 376 valence electrons. The van der Waals surface area contributed by atoms with E-state index in [2.05, 4.69) is 20.6 Å². The number of nitrogens with one attached hydrogen (secondary N) is 2. The van der Waals surface area contributed by atoms with Gasteiger partial charge in [-0.1, -0.05) is 50.1 Å². The summed E-state index contributed by atoms with van der Waals surface area (Å²) in [6.45, 7) is 3.17. The summed E-state index contributed by atoms with van der Waals surface area (Å²) in [6, 6.07) is 16.4. The number of hydrogen-bond donors (Lipinski definition) is 4. The highest BCUT2D eigenvalue weighted by atomic mass is 16.6. The second-order valence-corrected chi connectivity index (χ2v) is 17.0. The lowest BCUT2D eigenvalue weighted by Crippen LogP contribution is -2.50. The summed E-state index contributed by atoms with van der Waals surface area (Å²) in [5.74, 6) is -3.41. The molecule has 2 aromatic carbocycles. The number of ether oxygens (including phenoxy) is 10. The van der Waals surface area contributed by atoms with Crippen molar-refractivity contribution in [3.8, 4) is 34.5 Å². The van der Waals surface area contributed by atoms with Gasteiger partial charge in [-0.25, -0.2) is 19.6 Å². The van der Waals surface area contributed by atoms with Crippen LogP contribution in [0.4, 0.5) is 0 Å². The van der Waals surface area contributed by atoms with Crippen molar-refractivity contribution in [1.29, 1.82) is 0 Å². The first-order chi connectivity index (χ1) is 34.0. The lowest BCUT2D eigenvalue weighted by Gasteiger charge is -2.34. The van der Waals surface area contributed by atoms with Crippen molar-refractivity contribution in [3.63, 3.8) is 0 Å². The fourth-order valence-corrected chi connectivity index (χ4v) is 8.40. The highest BCUT2D eigenvalue weighted by Gasteiger charge is 2.42. The van der Waals surface area contributed by atoms with Gasteiger partial charge in [-0.2, -0.15) is 0 Å². The molecule has 2 amide bonds. The zero-order valence-corrected chi connectivity index (χ0v) is 39.5. The molecule has 7 rings (SSSR count). The second kappa shape index (κ2) is 24.7. The molecule has 4 heterocycles. The van der Waals surface area contributed by atoms with E-state index in [1.54, 1.807) is 37.3 Å². The molecule has 70 heavy (non-hydrogen) atoms. The standard InChI is InChI=1S/C50H60N4O16/c1-5-22-65-45-29(2)66-49(59)34(53-47(57)41-43(55)36(61-3)18-20-51-41)25-63-27-39(45)68-33-17-11-12-30(23-33)24-38-46(69-32-13-7-6-8-14-32)40(67-31-15-9-10-16-31)28-64-26-35(50(60)70-38)54-48(58)42-44(56)37(62-4)19-21-52-42/h6-8,11-14,17-21,23,29,31,34-35,38-40,45-46,55-56H,5,9-10,15-16,22,24-28H2,1-4H3,(H,53,57)(H,54,58). The first-order valence-corrected chi connectivity index (χ1v) is 23.3. The largest absolute Gasteiger partial charge is 0.503 e. The molecule has 8 unspecified atom stereocenters. The van der Waals surface area contributed by atoms with Crippen LogP contribution in [0.2, 0.25) is 0 Å². The lowest BCUT2D eigenvalue weighted by atomic mass is 9.99. The van der Waals surface area contributed by atoms with Crippen LogP contribution in [-0.2, 0) is 44.4 Å². The molecular weight excluding hydrogens is 913 g/mol. The number of esters is 2. The van der Waals surface area contributed by atoms with Crippen LogP contribution in [0.3, 0.4) is 0 Å². The molecule has 0 radical (unpaired) electrons. The Morgan fingerprint density at radius 2 is 1.30 bits per heavy atom. The van der Waals surface area contributed by atoms with Crippen molar-refractivity contribution < 1.29 is 76.8 Å². The predicted octanol–water partition coefficient (Wildman–Crippen LogP) is 4.27. The molecule has 8 atom stereocenters. The number of aromatic nitrogens is 2. The summed E-state index contributed by atoms with van der Waals surface area (Å²) in [5.41, 5.74) is -0.0505. The van der Waals surface area contributed by atoms with Gasteiger partial charge in [0.1, 0.15) is 35.9 Å². The summed E-state index contributed by atoms with van der Waals surface area (Å²) >= 11 is 0. The Morgan fingerprint density at radius 3 is 1.90 bits per heavy atom. The highest BCUT2D eigenvalue weighted by molar-refractivity contribution is 5.98. The van der Waals surface area contributed by atoms with Crippen LogP contribution in [0.25, 0.3) is 0 Å². The van der Waals surface area contributed by atoms with Crippen LogP contribution in [0, 0.1) is 0 Å². The van der Waals surface area contributed by atoms with E-state index in [0.717, 1.165) is 25.7 Å². The topological polar surface area (TPSA) is 251 Å². The van der Waals surface area contributed by atoms with Crippen molar-refractivity contribution in [1.82, 2.24) is 20.6 Å². The maximum absolute atomic E-state index is 14.3. The molecule has 2 aromatic heterocycles. The quantitative estimate of drug-likeness (QED) is 0.108. The van der Waals surface area contributed by atoms with Gasteiger partial charge in [0.05, 0.1) is 46.8 Å². The number of rotatable bonds is 17. The van der Waals surface area contributed by atoms with E-state index in [1.165, 1.54) is 38.7 Å². The first kappa shape index (κ1) is 51.1. The number of carbonyl (C=O) groups is 4. The maximum Gasteiger partial charge on any atom is 0.331 e. The fourth-order valence-electron chi connectivity index (χ4n) is 8.40. The molecule has 20 nitrogen and oxygen atoms in total. The third kappa shape index (κ3) is 13.1. The van der Waals surface area contributed by atoms with Crippen molar-refractivity contribution in [2.45, 2.75) is 107 Å². The number of carbonyl (C=O) groups excluding carboxylic acids is 4. The number of aromatic hydroxyl groups is 2. The van der Waals surface area contributed by atoms with E-state index in [-0.39, 0.29) is 61.8 Å². The second-order valence-electron chi connectivity index (χ2n) is 17.0. The van der Waals surface area contributed by atoms with E-state index in [9.17, 15) is 29.4 Å². The Morgan fingerprint density at radius 1 is 0.714 bits per heavy atom. The van der Waals surface area contributed by atoms with Gasteiger partial charge >= 0.3 is 11.9 Å². The van der Waals surface area contributed by atoms with Crippen LogP contribution < -0.4 is 29.6 Å². The van der Waals surface area contributed by atoms with Gasteiger partial charge in [-0.3, -0.25) is 9.59 Å². The lowest BCUT2D eigenvalue weighted by molar-refractivity contribution is -0.163. The molecule has 2 saturated heterocycles. The van der Waals surface area contributed by atoms with Gasteiger partial charge in [0.15, 0.2) is 58.7 Å². The van der Waals surface area contributed by atoms with E-state index in [1.807, 2.05) is 31.2 Å². The molecule has 0 bridgehead atoms. The first-order valence-electron chi connectivity index (χ1n) is 23.3. The smallest absolute Gasteiger partial charge is 0.331 e. The summed E-state index contributed by atoms with van der Waals surface area (Å²) < 4.78 is 60.9. The summed E-state index contributed by atoms with van der Waals surface area (Å²) in [6.07, 6.45) is 1.62. The number of methoxy groups -OCH3 is 2. The number of nitrogens with zero attached hydrogens (tertiary/aromatic N) is 2. The fraction of sp³-hybridized carbons (Fsp3) is 0.480. The van der Waals surface area contributed by atoms with Crippen molar-refractivity contribution >= 4 is 23.8 Å². The normalized spacial score (nSPS) is 24.5. The minimum absolute atomic E-state index is 0.0200. The van der Waals surface area contributed by atoms with Gasteiger partial charge < -0.3 is 68.2 Å². The summed E-state index contributed by atoms with van der Waals surface area (Å²) in [5, 5.41) is 26.4. The van der Waals surface area contributed by atoms with Gasteiger partial charge in [0.25, 0.3) is 11.8 Å². The number of hydrogen-bond acceptors (Lipinski definition) is 18. The zero-order valence-electron chi connectivity index (χ0n) is 39.5. The van der Waals surface area contributed by atoms with Crippen molar-refractivity contribution in [2.75, 3.05) is 47.3 Å². The van der Waals surface area contributed by atoms with E-state index in [4.69, 9.17) is 47.4 Å². The van der Waals surface area contributed by atoms with Crippen LogP contribution in [0.5, 0.6) is 34.5 Å². The number of para-hydroxylation sites is 1. The Hall–Kier alpha value is -6.74. The summed E-state index contributed by atoms with van der Waals surface area (Å²) in [4.78, 5) is 62.5. The van der Waals surface area contributed by atoms with Crippen LogP contribution in [-0.4, -0.2) is 146 Å². The number of pyridine rings is 2. The minimum Gasteiger partial charge on any atom is -0.503 e. The average molecular weight is 973 g/mol. The van der Waals surface area contributed by atoms with Gasteiger partial charge in [0, 0.05) is 37.6 Å². The van der Waals surface area contributed by atoms with Crippen LogP contribution in [0.1, 0.15) is 72.5 Å². The van der Waals surface area contributed by atoms with Crippen LogP contribution in [0.15, 0.2) is 79.1 Å². The van der Waals surface area contributed by atoms with E-state index >= 15 is 0 Å². The third-order valence-electron chi connectivity index (χ3n) is 11.9. The van der Waals surface area contributed by atoms with E-state index in [0.29, 0.717) is 30.1 Å². The number of amides is 2. The number of cyclic esters (lactones) is 2.